The molecule has 106 valence electrons. The number of carboxylic acid groups (broad SMARTS) is 1. The number of aromatic nitrogens is 5. The van der Waals surface area contributed by atoms with Crippen LogP contribution in [0.2, 0.25) is 0 Å². The molecule has 2 rings (SSSR count). The van der Waals surface area contributed by atoms with Crippen LogP contribution in [0.5, 0.6) is 5.75 Å². The van der Waals surface area contributed by atoms with Crippen LogP contribution in [0.4, 0.5) is 0 Å². The van der Waals surface area contributed by atoms with E-state index in [0.29, 0.717) is 22.5 Å². The lowest BCUT2D eigenvalue weighted by Gasteiger charge is -2.08. The number of rotatable bonds is 7. The molecule has 2 heterocycles. The van der Waals surface area contributed by atoms with Gasteiger partial charge in [-0.3, -0.25) is 4.79 Å². The Morgan fingerprint density at radius 1 is 1.55 bits per heavy atom. The summed E-state index contributed by atoms with van der Waals surface area (Å²) in [4.78, 5) is 14.9. The van der Waals surface area contributed by atoms with E-state index < -0.39 is 5.97 Å². The average molecular weight is 295 g/mol. The van der Waals surface area contributed by atoms with Gasteiger partial charge in [0.1, 0.15) is 11.6 Å². The number of nitrogens with zero attached hydrogens (tertiary/aromatic N) is 5. The summed E-state index contributed by atoms with van der Waals surface area (Å²) in [6.45, 7) is 2.29. The van der Waals surface area contributed by atoms with Crippen LogP contribution in [0.1, 0.15) is 13.3 Å². The van der Waals surface area contributed by atoms with Crippen LogP contribution < -0.4 is 4.74 Å². The van der Waals surface area contributed by atoms with Crippen LogP contribution in [-0.2, 0) is 11.3 Å². The van der Waals surface area contributed by atoms with Crippen molar-refractivity contribution in [3.63, 3.8) is 0 Å². The third kappa shape index (κ3) is 3.67. The van der Waals surface area contributed by atoms with Gasteiger partial charge in [0.25, 0.3) is 0 Å². The molecule has 0 fully saturated rings. The number of hydrogen-bond acceptors (Lipinski definition) is 7. The van der Waals surface area contributed by atoms with Crippen LogP contribution in [-0.4, -0.2) is 42.9 Å². The summed E-state index contributed by atoms with van der Waals surface area (Å²) >= 11 is 1.17. The molecular formula is C11H13N5O3S. The van der Waals surface area contributed by atoms with Gasteiger partial charge in [0.15, 0.2) is 5.75 Å². The van der Waals surface area contributed by atoms with E-state index >= 15 is 0 Å². The largest absolute Gasteiger partial charge is 0.491 e. The predicted octanol–water partition coefficient (Wildman–Crippen LogP) is 1.09. The molecule has 8 nitrogen and oxygen atoms in total. The van der Waals surface area contributed by atoms with E-state index in [9.17, 15) is 4.79 Å². The highest BCUT2D eigenvalue weighted by atomic mass is 32.2. The third-order valence-electron chi connectivity index (χ3n) is 2.17. The molecule has 0 aliphatic carbocycles. The minimum atomic E-state index is -1.01. The second-order valence-electron chi connectivity index (χ2n) is 3.77. The van der Waals surface area contributed by atoms with Crippen LogP contribution >= 0.6 is 11.8 Å². The lowest BCUT2D eigenvalue weighted by Crippen LogP contribution is -2.11. The van der Waals surface area contributed by atoms with Gasteiger partial charge in [0.05, 0.1) is 6.61 Å². The second-order valence-corrected chi connectivity index (χ2v) is 4.73. The number of tetrazole rings is 1. The lowest BCUT2D eigenvalue weighted by atomic mass is 10.4. The maximum absolute atomic E-state index is 10.7. The van der Waals surface area contributed by atoms with Gasteiger partial charge < -0.3 is 9.84 Å². The number of pyridine rings is 1. The van der Waals surface area contributed by atoms with Gasteiger partial charge in [0, 0.05) is 6.20 Å². The Bertz CT molecular complexity index is 589. The lowest BCUT2D eigenvalue weighted by molar-refractivity contribution is -0.138. The molecular weight excluding hydrogens is 282 g/mol. The molecule has 0 amide bonds. The molecule has 0 aliphatic heterocycles. The number of carboxylic acids is 1. The minimum absolute atomic E-state index is 0.298. The highest BCUT2D eigenvalue weighted by Gasteiger charge is 2.14. The molecule has 0 saturated carbocycles. The van der Waals surface area contributed by atoms with Crippen molar-refractivity contribution in [3.05, 3.63) is 18.3 Å². The van der Waals surface area contributed by atoms with E-state index in [0.717, 1.165) is 6.42 Å². The summed E-state index contributed by atoms with van der Waals surface area (Å²) in [5.74, 6) is -0.383. The molecule has 0 aliphatic rings. The number of hydrogen-bond donors (Lipinski definition) is 1. The average Bonchev–Trinajstić information content (AvgIpc) is 2.84. The maximum atomic E-state index is 10.7. The SMILES string of the molecule is CCCOc1cccnc1Sc1nnnn1CC(=O)O. The fourth-order valence-corrected chi connectivity index (χ4v) is 2.16. The van der Waals surface area contributed by atoms with Crippen molar-refractivity contribution in [1.82, 2.24) is 25.2 Å². The van der Waals surface area contributed by atoms with Gasteiger partial charge in [-0.2, -0.15) is 0 Å². The van der Waals surface area contributed by atoms with E-state index in [-0.39, 0.29) is 6.54 Å². The first-order valence-electron chi connectivity index (χ1n) is 5.94. The molecule has 2 aromatic heterocycles. The van der Waals surface area contributed by atoms with E-state index in [1.807, 2.05) is 6.92 Å². The molecule has 0 spiro atoms. The Hall–Kier alpha value is -2.16. The molecule has 20 heavy (non-hydrogen) atoms. The summed E-state index contributed by atoms with van der Waals surface area (Å²) in [5, 5.41) is 20.6. The third-order valence-corrected chi connectivity index (χ3v) is 3.14. The fraction of sp³-hybridized carbons (Fsp3) is 0.364. The Labute approximate surface area is 119 Å². The molecule has 0 atom stereocenters. The highest BCUT2D eigenvalue weighted by Crippen LogP contribution is 2.31. The molecule has 0 unspecified atom stereocenters. The Morgan fingerprint density at radius 2 is 2.40 bits per heavy atom. The smallest absolute Gasteiger partial charge is 0.325 e. The van der Waals surface area contributed by atoms with Crippen molar-refractivity contribution in [3.8, 4) is 5.75 Å². The van der Waals surface area contributed by atoms with Crippen LogP contribution in [0, 0.1) is 0 Å². The first-order valence-corrected chi connectivity index (χ1v) is 6.76. The highest BCUT2D eigenvalue weighted by molar-refractivity contribution is 7.99. The first kappa shape index (κ1) is 14.3. The van der Waals surface area contributed by atoms with E-state index in [4.69, 9.17) is 9.84 Å². The minimum Gasteiger partial charge on any atom is -0.491 e. The molecule has 9 heteroatoms. The molecule has 0 bridgehead atoms. The summed E-state index contributed by atoms with van der Waals surface area (Å²) in [6, 6.07) is 3.58. The molecule has 0 radical (unpaired) electrons. The number of ether oxygens (including phenoxy) is 1. The summed E-state index contributed by atoms with van der Waals surface area (Å²) in [5.41, 5.74) is 0. The summed E-state index contributed by atoms with van der Waals surface area (Å²) < 4.78 is 6.78. The first-order chi connectivity index (χ1) is 9.70. The fourth-order valence-electron chi connectivity index (χ4n) is 1.36. The van der Waals surface area contributed by atoms with Gasteiger partial charge in [-0.05, 0) is 40.7 Å². The van der Waals surface area contributed by atoms with Gasteiger partial charge in [-0.1, -0.05) is 6.92 Å². The molecule has 0 saturated heterocycles. The normalized spacial score (nSPS) is 10.4. The topological polar surface area (TPSA) is 103 Å². The zero-order valence-corrected chi connectivity index (χ0v) is 11.6. The quantitative estimate of drug-likeness (QED) is 0.809. The van der Waals surface area contributed by atoms with Gasteiger partial charge >= 0.3 is 5.97 Å². The number of aliphatic carboxylic acids is 1. The Kier molecular flexibility index (Phi) is 4.88. The van der Waals surface area contributed by atoms with Gasteiger partial charge in [0.2, 0.25) is 5.16 Å². The van der Waals surface area contributed by atoms with Crippen molar-refractivity contribution in [2.75, 3.05) is 6.61 Å². The predicted molar refractivity (Wildman–Crippen MR) is 69.6 cm³/mol. The monoisotopic (exact) mass is 295 g/mol. The summed E-state index contributed by atoms with van der Waals surface area (Å²) in [7, 11) is 0. The van der Waals surface area contributed by atoms with Crippen LogP contribution in [0.25, 0.3) is 0 Å². The second kappa shape index (κ2) is 6.85. The summed E-state index contributed by atoms with van der Waals surface area (Å²) in [6.07, 6.45) is 2.52. The van der Waals surface area contributed by atoms with Gasteiger partial charge in [-0.15, -0.1) is 5.10 Å². The van der Waals surface area contributed by atoms with Crippen LogP contribution in [0.3, 0.4) is 0 Å². The molecule has 0 aromatic carbocycles. The van der Waals surface area contributed by atoms with E-state index in [1.165, 1.54) is 16.4 Å². The number of carbonyl (C=O) groups is 1. The van der Waals surface area contributed by atoms with Crippen molar-refractivity contribution >= 4 is 17.7 Å². The van der Waals surface area contributed by atoms with Crippen molar-refractivity contribution < 1.29 is 14.6 Å². The van der Waals surface area contributed by atoms with Gasteiger partial charge in [-0.25, -0.2) is 9.67 Å². The Balaban J connectivity index is 2.17. The molecule has 2 aromatic rings. The zero-order chi connectivity index (χ0) is 14.4. The van der Waals surface area contributed by atoms with Crippen molar-refractivity contribution in [1.29, 1.82) is 0 Å². The Morgan fingerprint density at radius 3 is 3.15 bits per heavy atom. The van der Waals surface area contributed by atoms with Crippen LogP contribution in [0.15, 0.2) is 28.5 Å². The van der Waals surface area contributed by atoms with E-state index in [1.54, 1.807) is 18.3 Å². The van der Waals surface area contributed by atoms with Crippen molar-refractivity contribution in [2.45, 2.75) is 30.1 Å². The molecule has 1 N–H and O–H groups in total. The van der Waals surface area contributed by atoms with Crippen molar-refractivity contribution in [2.24, 2.45) is 0 Å². The maximum Gasteiger partial charge on any atom is 0.325 e. The van der Waals surface area contributed by atoms with E-state index in [2.05, 4.69) is 20.5 Å². The standard InChI is InChI=1S/C11H13N5O3S/c1-2-6-19-8-4-3-5-12-10(8)20-11-13-14-15-16(11)7-9(17)18/h3-5H,2,6-7H2,1H3,(H,17,18). The zero-order valence-electron chi connectivity index (χ0n) is 10.8.